The molecule has 2 unspecified atom stereocenters. The van der Waals surface area contributed by atoms with Crippen molar-refractivity contribution in [3.63, 3.8) is 0 Å². The number of urea groups is 2. The van der Waals surface area contributed by atoms with Crippen LogP contribution in [-0.2, 0) is 9.47 Å². The molecule has 5 rings (SSSR count). The van der Waals surface area contributed by atoms with E-state index in [0.29, 0.717) is 64.0 Å². The van der Waals surface area contributed by atoms with Gasteiger partial charge in [0.25, 0.3) is 0 Å². The van der Waals surface area contributed by atoms with Crippen molar-refractivity contribution in [1.82, 2.24) is 15.6 Å². The largest absolute Gasteiger partial charge is 0.496 e. The van der Waals surface area contributed by atoms with Crippen LogP contribution in [-0.4, -0.2) is 55.7 Å². The number of methoxy groups -OCH3 is 2. The fourth-order valence-electron chi connectivity index (χ4n) is 6.17. The van der Waals surface area contributed by atoms with Gasteiger partial charge in [-0.25, -0.2) is 24.2 Å². The first-order chi connectivity index (χ1) is 32.3. The molecule has 19 heteroatoms. The zero-order valence-corrected chi connectivity index (χ0v) is 37.8. The number of nitriles is 3. The van der Waals surface area contributed by atoms with Gasteiger partial charge in [-0.2, -0.15) is 15.8 Å². The Morgan fingerprint density at radius 3 is 1.52 bits per heavy atom. The number of aromatic nitrogens is 1. The van der Waals surface area contributed by atoms with Gasteiger partial charge in [0.2, 0.25) is 0 Å². The van der Waals surface area contributed by atoms with Gasteiger partial charge in [-0.15, -0.1) is 0 Å². The summed E-state index contributed by atoms with van der Waals surface area (Å²) in [5.74, 6) is 1.43. The molecule has 0 radical (unpaired) electrons. The fourth-order valence-corrected chi connectivity index (χ4v) is 6.17. The van der Waals surface area contributed by atoms with Crippen molar-refractivity contribution in [3.8, 4) is 41.0 Å². The molecule has 4 atom stereocenters. The Bertz CT molecular complexity index is 2580. The summed E-state index contributed by atoms with van der Waals surface area (Å²) < 4.78 is 26.4. The number of nitrogens with one attached hydrogen (secondary N) is 6. The highest BCUT2D eigenvalue weighted by Gasteiger charge is 2.18. The maximum atomic E-state index is 12.6. The number of anilines is 4. The van der Waals surface area contributed by atoms with Crippen LogP contribution in [0.5, 0.6) is 11.5 Å². The molecule has 0 saturated carbocycles. The Morgan fingerprint density at radius 2 is 1.10 bits per heavy atom. The van der Waals surface area contributed by atoms with Crippen LogP contribution in [0.25, 0.3) is 11.3 Å². The summed E-state index contributed by atoms with van der Waals surface area (Å²) in [5, 5.41) is 43.0. The van der Waals surface area contributed by atoms with E-state index >= 15 is 0 Å². The van der Waals surface area contributed by atoms with Crippen molar-refractivity contribution in [2.24, 2.45) is 0 Å². The highest BCUT2D eigenvalue weighted by atomic mass is 16.6. The number of ether oxygens (including phenoxy) is 4. The van der Waals surface area contributed by atoms with Crippen LogP contribution >= 0.6 is 0 Å². The molecule has 1 heterocycles. The van der Waals surface area contributed by atoms with Gasteiger partial charge in [0, 0.05) is 34.9 Å². The molecule has 0 aliphatic carbocycles. The number of amides is 6. The van der Waals surface area contributed by atoms with Gasteiger partial charge in [-0.1, -0.05) is 38.1 Å². The average Bonchev–Trinajstić information content (AvgIpc) is 3.86. The molecule has 4 aromatic carbocycles. The van der Waals surface area contributed by atoms with E-state index in [-0.39, 0.29) is 24.9 Å². The van der Waals surface area contributed by atoms with Crippen LogP contribution in [0.3, 0.4) is 0 Å². The van der Waals surface area contributed by atoms with Crippen LogP contribution in [0.2, 0.25) is 0 Å². The minimum atomic E-state index is -0.606. The molecule has 0 bridgehead atoms. The number of carbonyl (C=O) groups is 4. The molecule has 19 nitrogen and oxygen atoms in total. The Kier molecular flexibility index (Phi) is 19.8. The predicted molar refractivity (Wildman–Crippen MR) is 249 cm³/mol. The second-order valence-corrected chi connectivity index (χ2v) is 14.5. The molecular formula is C48H52N10O9. The quantitative estimate of drug-likeness (QED) is 0.0507. The lowest BCUT2D eigenvalue weighted by Gasteiger charge is -2.18. The monoisotopic (exact) mass is 912 g/mol. The average molecular weight is 913 g/mol. The smallest absolute Gasteiger partial charge is 0.407 e. The summed E-state index contributed by atoms with van der Waals surface area (Å²) in [7, 11) is 2.98. The second kappa shape index (κ2) is 26.1. The third-order valence-corrected chi connectivity index (χ3v) is 9.79. The zero-order valence-electron chi connectivity index (χ0n) is 37.8. The first-order valence-electron chi connectivity index (χ1n) is 21.0. The van der Waals surface area contributed by atoms with Crippen molar-refractivity contribution < 1.29 is 42.5 Å². The van der Waals surface area contributed by atoms with Gasteiger partial charge in [0.1, 0.15) is 29.8 Å². The maximum absolute atomic E-state index is 12.6. The molecule has 6 amide bonds. The minimum Gasteiger partial charge on any atom is -0.496 e. The van der Waals surface area contributed by atoms with Crippen LogP contribution in [0.15, 0.2) is 102 Å². The molecular weight excluding hydrogens is 861 g/mol. The molecule has 67 heavy (non-hydrogen) atoms. The van der Waals surface area contributed by atoms with Crippen molar-refractivity contribution in [2.45, 2.75) is 77.7 Å². The number of rotatable bonds is 17. The summed E-state index contributed by atoms with van der Waals surface area (Å²) in [6.07, 6.45) is 2.18. The number of benzene rings is 4. The SMILES string of the molecule is CCC(CC#N)OC(=O)N[C@@H](C)c1cccc(NC(=O)Nc2ccc(-c3cnco3)c(OC)c2)c1.CCC(CC#N)OC(=O)N[C@@H](C)c1cccc(NC(=O)Nc2ccc(C#N)c(OC)c2)c1. The van der Waals surface area contributed by atoms with E-state index in [0.717, 1.165) is 11.1 Å². The topological polar surface area (TPSA) is 275 Å². The molecule has 1 aromatic heterocycles. The number of oxazole rings is 1. The lowest BCUT2D eigenvalue weighted by Crippen LogP contribution is -2.31. The van der Waals surface area contributed by atoms with Gasteiger partial charge < -0.3 is 55.3 Å². The van der Waals surface area contributed by atoms with E-state index in [4.69, 9.17) is 39.2 Å². The van der Waals surface area contributed by atoms with Crippen molar-refractivity contribution >= 4 is 47.0 Å². The summed E-state index contributed by atoms with van der Waals surface area (Å²) in [4.78, 5) is 53.1. The molecule has 0 aliphatic rings. The van der Waals surface area contributed by atoms with Crippen LogP contribution < -0.4 is 41.4 Å². The molecule has 0 aliphatic heterocycles. The molecule has 0 saturated heterocycles. The third-order valence-electron chi connectivity index (χ3n) is 9.79. The maximum Gasteiger partial charge on any atom is 0.407 e. The molecule has 348 valence electrons. The van der Waals surface area contributed by atoms with E-state index in [1.165, 1.54) is 20.6 Å². The highest BCUT2D eigenvalue weighted by molar-refractivity contribution is 6.01. The Labute approximate surface area is 388 Å². The lowest BCUT2D eigenvalue weighted by atomic mass is 10.1. The third kappa shape index (κ3) is 16.1. The van der Waals surface area contributed by atoms with E-state index in [1.54, 1.807) is 92.8 Å². The van der Waals surface area contributed by atoms with Crippen LogP contribution in [0, 0.1) is 34.0 Å². The number of hydrogen-bond acceptors (Lipinski definition) is 13. The normalized spacial score (nSPS) is 11.9. The highest BCUT2D eigenvalue weighted by Crippen LogP contribution is 2.32. The summed E-state index contributed by atoms with van der Waals surface area (Å²) in [5.41, 5.74) is 4.67. The zero-order chi connectivity index (χ0) is 48.7. The molecule has 0 spiro atoms. The van der Waals surface area contributed by atoms with Crippen molar-refractivity contribution in [1.29, 1.82) is 15.8 Å². The minimum absolute atomic E-state index is 0.137. The van der Waals surface area contributed by atoms with Crippen molar-refractivity contribution in [2.75, 3.05) is 35.5 Å². The summed E-state index contributed by atoms with van der Waals surface area (Å²) in [6, 6.07) is 28.3. The number of carbonyl (C=O) groups excluding carboxylic acids is 4. The van der Waals surface area contributed by atoms with E-state index in [2.05, 4.69) is 36.9 Å². The number of nitrogens with zero attached hydrogens (tertiary/aromatic N) is 4. The van der Waals surface area contributed by atoms with E-state index in [9.17, 15) is 19.2 Å². The van der Waals surface area contributed by atoms with Gasteiger partial charge in [-0.3, -0.25) is 0 Å². The number of hydrogen-bond donors (Lipinski definition) is 6. The van der Waals surface area contributed by atoms with Crippen LogP contribution in [0.1, 0.15) is 82.2 Å². The van der Waals surface area contributed by atoms with Gasteiger partial charge >= 0.3 is 24.2 Å². The fraction of sp³-hybridized carbons (Fsp3) is 0.292. The summed E-state index contributed by atoms with van der Waals surface area (Å²) >= 11 is 0. The lowest BCUT2D eigenvalue weighted by molar-refractivity contribution is 0.0941. The standard InChI is InChI=1S/C25H27N5O5.C23H25N5O4/c1-4-20(10-11-26)35-25(32)28-16(2)17-6-5-7-18(12-17)29-24(31)30-19-8-9-21(22(13-19)33-3)23-14-27-15-34-23;1-4-20(10-11-24)32-23(30)26-15(2)16-6-5-7-18(12-16)27-22(29)28-19-9-8-17(14-25)21(13-19)31-3/h5-9,12-16,20H,4,10H2,1-3H3,(H,28,32)(H2,29,30,31);5-9,12-13,15,20H,4,10H2,1-3H3,(H,26,30)(H2,27,28,29)/t16-,20?;15-,20?/m00/s1. The molecule has 6 N–H and O–H groups in total. The first kappa shape index (κ1) is 50.9. The Balaban J connectivity index is 0.000000294. The van der Waals surface area contributed by atoms with E-state index in [1.807, 2.05) is 44.2 Å². The van der Waals surface area contributed by atoms with Gasteiger partial charge in [-0.05, 0) is 86.3 Å². The first-order valence-corrected chi connectivity index (χ1v) is 21.0. The van der Waals surface area contributed by atoms with Gasteiger partial charge in [0.05, 0.1) is 68.6 Å². The van der Waals surface area contributed by atoms with Crippen LogP contribution in [0.4, 0.5) is 41.9 Å². The summed E-state index contributed by atoms with van der Waals surface area (Å²) in [6.45, 7) is 7.27. The second-order valence-electron chi connectivity index (χ2n) is 14.5. The number of alkyl carbamates (subject to hydrolysis) is 2. The Morgan fingerprint density at radius 1 is 0.642 bits per heavy atom. The predicted octanol–water partition coefficient (Wildman–Crippen LogP) is 10.2. The molecule has 5 aromatic rings. The Hall–Kier alpha value is -8.76. The molecule has 0 fully saturated rings. The van der Waals surface area contributed by atoms with Gasteiger partial charge in [0.15, 0.2) is 12.2 Å². The van der Waals surface area contributed by atoms with Crippen molar-refractivity contribution in [3.05, 3.63) is 114 Å². The van der Waals surface area contributed by atoms with E-state index < -0.39 is 36.5 Å².